The van der Waals surface area contributed by atoms with Gasteiger partial charge in [0.15, 0.2) is 11.2 Å². The molecule has 2 aromatic heterocycles. The second kappa shape index (κ2) is 5.65. The van der Waals surface area contributed by atoms with E-state index in [1.54, 1.807) is 9.88 Å². The first-order valence-electron chi connectivity index (χ1n) is 6.77. The molecule has 11 heteroatoms. The molecule has 0 bridgehead atoms. The number of carbonyl (C=O) groups excluding carboxylic acids is 1. The van der Waals surface area contributed by atoms with Crippen molar-refractivity contribution < 1.29 is 22.7 Å². The number of halogens is 3. The smallest absolute Gasteiger partial charge is 0.353 e. The molecule has 0 spiro atoms. The lowest BCUT2D eigenvalue weighted by Crippen LogP contribution is -2.40. The predicted molar refractivity (Wildman–Crippen MR) is 70.4 cm³/mol. The van der Waals surface area contributed by atoms with Crippen LogP contribution >= 0.6 is 0 Å². The van der Waals surface area contributed by atoms with Crippen LogP contribution in [0.2, 0.25) is 0 Å². The summed E-state index contributed by atoms with van der Waals surface area (Å²) in [6.45, 7) is -0.241. The molecular weight excluding hydrogens is 319 g/mol. The number of nitrogens with one attached hydrogen (secondary N) is 2. The molecule has 0 aliphatic carbocycles. The Balaban J connectivity index is 1.67. The number of imidazole rings is 1. The minimum atomic E-state index is -4.91. The minimum Gasteiger partial charge on any atom is -0.353 e. The van der Waals surface area contributed by atoms with Gasteiger partial charge in [0.1, 0.15) is 6.23 Å². The number of amides is 1. The molecule has 124 valence electrons. The van der Waals surface area contributed by atoms with Crippen LogP contribution in [0.1, 0.15) is 19.1 Å². The maximum absolute atomic E-state index is 12.1. The van der Waals surface area contributed by atoms with Gasteiger partial charge in [-0.05, 0) is 12.8 Å². The standard InChI is InChI=1S/C12H12F3N5O3/c13-12(14,15)11(22)16-3-6-1-2-7(23-6)20-5-19-8-9(20)17-4-18-10(8)21/h4-7H,1-3H2,(H,16,22)(H,17,18,21)/t6-,7+/m0/s1. The molecule has 1 fully saturated rings. The highest BCUT2D eigenvalue weighted by Crippen LogP contribution is 2.29. The van der Waals surface area contributed by atoms with Crippen molar-refractivity contribution in [2.45, 2.75) is 31.3 Å². The van der Waals surface area contributed by atoms with E-state index in [4.69, 9.17) is 4.74 Å². The third kappa shape index (κ3) is 3.04. The highest BCUT2D eigenvalue weighted by Gasteiger charge is 2.39. The summed E-state index contributed by atoms with van der Waals surface area (Å²) in [6, 6.07) is 0. The Labute approximate surface area is 126 Å². The summed E-state index contributed by atoms with van der Waals surface area (Å²) in [6.07, 6.45) is -2.36. The van der Waals surface area contributed by atoms with Crippen LogP contribution in [0.15, 0.2) is 17.4 Å². The van der Waals surface area contributed by atoms with Crippen molar-refractivity contribution in [1.29, 1.82) is 0 Å². The lowest BCUT2D eigenvalue weighted by molar-refractivity contribution is -0.174. The summed E-state index contributed by atoms with van der Waals surface area (Å²) in [5.41, 5.74) is 0.101. The van der Waals surface area contributed by atoms with Crippen molar-refractivity contribution in [2.24, 2.45) is 0 Å². The fourth-order valence-corrected chi connectivity index (χ4v) is 2.42. The van der Waals surface area contributed by atoms with Gasteiger partial charge in [-0.25, -0.2) is 9.97 Å². The monoisotopic (exact) mass is 331 g/mol. The molecule has 1 saturated heterocycles. The van der Waals surface area contributed by atoms with E-state index in [0.29, 0.717) is 18.5 Å². The molecule has 1 aliphatic rings. The second-order valence-corrected chi connectivity index (χ2v) is 5.05. The molecule has 0 saturated carbocycles. The molecule has 23 heavy (non-hydrogen) atoms. The van der Waals surface area contributed by atoms with E-state index in [0.717, 1.165) is 0 Å². The van der Waals surface area contributed by atoms with E-state index < -0.39 is 24.4 Å². The fraction of sp³-hybridized carbons (Fsp3) is 0.500. The van der Waals surface area contributed by atoms with E-state index in [-0.39, 0.29) is 17.6 Å². The molecule has 1 amide bonds. The molecule has 1 aliphatic heterocycles. The van der Waals surface area contributed by atoms with Gasteiger partial charge in [0, 0.05) is 6.54 Å². The van der Waals surface area contributed by atoms with Crippen LogP contribution in [0.3, 0.4) is 0 Å². The summed E-state index contributed by atoms with van der Waals surface area (Å²) in [5, 5.41) is 1.79. The molecule has 3 rings (SSSR count). The Hall–Kier alpha value is -2.43. The minimum absolute atomic E-state index is 0.157. The Bertz CT molecular complexity index is 784. The SMILES string of the molecule is O=C(NC[C@@H]1CC[C@H](n2cnc3c(=O)[nH]cnc32)O1)C(F)(F)F. The van der Waals surface area contributed by atoms with E-state index in [9.17, 15) is 22.8 Å². The zero-order valence-electron chi connectivity index (χ0n) is 11.6. The van der Waals surface area contributed by atoms with Gasteiger partial charge in [-0.3, -0.25) is 14.2 Å². The maximum Gasteiger partial charge on any atom is 0.471 e. The van der Waals surface area contributed by atoms with E-state index in [1.807, 2.05) is 0 Å². The second-order valence-electron chi connectivity index (χ2n) is 5.05. The molecule has 2 aromatic rings. The number of ether oxygens (including phenoxy) is 1. The Morgan fingerprint density at radius 2 is 2.22 bits per heavy atom. The number of carbonyl (C=O) groups is 1. The van der Waals surface area contributed by atoms with Crippen LogP contribution in [0.25, 0.3) is 11.2 Å². The predicted octanol–water partition coefficient (Wildman–Crippen LogP) is 0.476. The van der Waals surface area contributed by atoms with Crippen molar-refractivity contribution >= 4 is 17.1 Å². The number of rotatable bonds is 3. The topological polar surface area (TPSA) is 102 Å². The van der Waals surface area contributed by atoms with Gasteiger partial charge in [-0.15, -0.1) is 0 Å². The number of aromatic nitrogens is 4. The molecule has 0 radical (unpaired) electrons. The van der Waals surface area contributed by atoms with E-state index in [1.165, 1.54) is 12.7 Å². The normalized spacial score (nSPS) is 21.7. The lowest BCUT2D eigenvalue weighted by Gasteiger charge is -2.16. The van der Waals surface area contributed by atoms with E-state index in [2.05, 4.69) is 15.0 Å². The van der Waals surface area contributed by atoms with Crippen molar-refractivity contribution in [3.8, 4) is 0 Å². The molecule has 0 aromatic carbocycles. The number of aromatic amines is 1. The van der Waals surface area contributed by atoms with Crippen LogP contribution < -0.4 is 10.9 Å². The van der Waals surface area contributed by atoms with Crippen LogP contribution in [0.5, 0.6) is 0 Å². The van der Waals surface area contributed by atoms with Crippen LogP contribution in [0.4, 0.5) is 13.2 Å². The number of nitrogens with zero attached hydrogens (tertiary/aromatic N) is 3. The Kier molecular flexibility index (Phi) is 3.80. The first-order valence-corrected chi connectivity index (χ1v) is 6.77. The summed E-state index contributed by atoms with van der Waals surface area (Å²) < 4.78 is 43.5. The van der Waals surface area contributed by atoms with Gasteiger partial charge >= 0.3 is 12.1 Å². The molecule has 0 unspecified atom stereocenters. The number of alkyl halides is 3. The van der Waals surface area contributed by atoms with Gasteiger partial charge < -0.3 is 15.0 Å². The number of H-pyrrole nitrogens is 1. The number of hydrogen-bond donors (Lipinski definition) is 2. The molecule has 8 nitrogen and oxygen atoms in total. The largest absolute Gasteiger partial charge is 0.471 e. The highest BCUT2D eigenvalue weighted by molar-refractivity contribution is 5.81. The molecule has 2 atom stereocenters. The Morgan fingerprint density at radius 1 is 1.43 bits per heavy atom. The van der Waals surface area contributed by atoms with Crippen LogP contribution in [0, 0.1) is 0 Å². The molecular formula is C12H12F3N5O3. The third-order valence-corrected chi connectivity index (χ3v) is 3.51. The van der Waals surface area contributed by atoms with Crippen molar-refractivity contribution in [2.75, 3.05) is 6.54 Å². The molecule has 2 N–H and O–H groups in total. The summed E-state index contributed by atoms with van der Waals surface area (Å²) in [7, 11) is 0. The maximum atomic E-state index is 12.1. The van der Waals surface area contributed by atoms with Gasteiger partial charge in [-0.2, -0.15) is 13.2 Å². The molecule has 3 heterocycles. The van der Waals surface area contributed by atoms with Gasteiger partial charge in [0.05, 0.1) is 18.8 Å². The fourth-order valence-electron chi connectivity index (χ4n) is 2.42. The highest BCUT2D eigenvalue weighted by atomic mass is 19.4. The van der Waals surface area contributed by atoms with Crippen LogP contribution in [-0.2, 0) is 9.53 Å². The van der Waals surface area contributed by atoms with Crippen LogP contribution in [-0.4, -0.2) is 44.3 Å². The van der Waals surface area contributed by atoms with Gasteiger partial charge in [0.25, 0.3) is 5.56 Å². The summed E-state index contributed by atoms with van der Waals surface area (Å²) >= 11 is 0. The lowest BCUT2D eigenvalue weighted by atomic mass is 10.2. The zero-order valence-corrected chi connectivity index (χ0v) is 11.6. The summed E-state index contributed by atoms with van der Waals surface area (Å²) in [4.78, 5) is 32.7. The average Bonchev–Trinajstić information content (AvgIpc) is 3.10. The number of hydrogen-bond acceptors (Lipinski definition) is 5. The summed E-state index contributed by atoms with van der Waals surface area (Å²) in [5.74, 6) is -1.99. The number of fused-ring (bicyclic) bond motifs is 1. The first-order chi connectivity index (χ1) is 10.9. The van der Waals surface area contributed by atoms with Crippen molar-refractivity contribution in [1.82, 2.24) is 24.8 Å². The van der Waals surface area contributed by atoms with Crippen molar-refractivity contribution in [3.63, 3.8) is 0 Å². The van der Waals surface area contributed by atoms with Gasteiger partial charge in [0.2, 0.25) is 0 Å². The Morgan fingerprint density at radius 3 is 2.96 bits per heavy atom. The quantitative estimate of drug-likeness (QED) is 0.851. The van der Waals surface area contributed by atoms with Gasteiger partial charge in [-0.1, -0.05) is 0 Å². The zero-order chi connectivity index (χ0) is 16.6. The average molecular weight is 331 g/mol. The first kappa shape index (κ1) is 15.5. The third-order valence-electron chi connectivity index (χ3n) is 3.51. The van der Waals surface area contributed by atoms with Crippen molar-refractivity contribution in [3.05, 3.63) is 23.0 Å². The van der Waals surface area contributed by atoms with E-state index >= 15 is 0 Å².